The van der Waals surface area contributed by atoms with Crippen LogP contribution in [0.15, 0.2) is 53.6 Å². The van der Waals surface area contributed by atoms with Gasteiger partial charge in [-0.05, 0) is 49.2 Å². The zero-order chi connectivity index (χ0) is 15.8. The van der Waals surface area contributed by atoms with Crippen LogP contribution in [0.25, 0.3) is 0 Å². The van der Waals surface area contributed by atoms with Crippen LogP contribution in [0.2, 0.25) is 0 Å². The van der Waals surface area contributed by atoms with Crippen molar-refractivity contribution >= 4 is 23.0 Å². The average Bonchev–Trinajstić information content (AvgIpc) is 3.21. The number of hydrogen-bond acceptors (Lipinski definition) is 3. The van der Waals surface area contributed by atoms with Crippen LogP contribution >= 0.6 is 0 Å². The summed E-state index contributed by atoms with van der Waals surface area (Å²) in [6.07, 6.45) is 1.94. The minimum Gasteiger partial charge on any atom is -0.308 e. The highest BCUT2D eigenvalue weighted by atomic mass is 16.2. The second-order valence-electron chi connectivity index (χ2n) is 6.09. The quantitative estimate of drug-likeness (QED) is 0.851. The van der Waals surface area contributed by atoms with Crippen LogP contribution in [0.4, 0.5) is 11.4 Å². The van der Waals surface area contributed by atoms with Crippen molar-refractivity contribution in [2.45, 2.75) is 19.8 Å². The first-order chi connectivity index (χ1) is 11.2. The van der Waals surface area contributed by atoms with Gasteiger partial charge in [-0.1, -0.05) is 18.2 Å². The molecule has 0 N–H and O–H groups in total. The lowest BCUT2D eigenvalue weighted by molar-refractivity contribution is 0.0989. The molecule has 1 amide bonds. The summed E-state index contributed by atoms with van der Waals surface area (Å²) in [4.78, 5) is 14.7. The summed E-state index contributed by atoms with van der Waals surface area (Å²) < 4.78 is 0. The molecule has 0 fully saturated rings. The van der Waals surface area contributed by atoms with Gasteiger partial charge in [0.25, 0.3) is 5.91 Å². The highest BCUT2D eigenvalue weighted by Gasteiger charge is 2.25. The van der Waals surface area contributed by atoms with E-state index < -0.39 is 0 Å². The molecule has 2 aromatic carbocycles. The number of amides is 1. The number of hydrazone groups is 1. The Balaban J connectivity index is 1.56. The van der Waals surface area contributed by atoms with Gasteiger partial charge in [-0.25, -0.2) is 0 Å². The van der Waals surface area contributed by atoms with Gasteiger partial charge in [0.15, 0.2) is 0 Å². The Morgan fingerprint density at radius 1 is 1.00 bits per heavy atom. The number of nitrogens with zero attached hydrogens (tertiary/aromatic N) is 3. The van der Waals surface area contributed by atoms with E-state index in [1.807, 2.05) is 59.3 Å². The van der Waals surface area contributed by atoms with E-state index in [4.69, 9.17) is 0 Å². The Bertz CT molecular complexity index is 779. The predicted molar refractivity (Wildman–Crippen MR) is 93.3 cm³/mol. The van der Waals surface area contributed by atoms with Crippen LogP contribution < -0.4 is 9.91 Å². The van der Waals surface area contributed by atoms with Gasteiger partial charge in [-0.3, -0.25) is 9.80 Å². The molecular weight excluding hydrogens is 286 g/mol. The Labute approximate surface area is 136 Å². The first kappa shape index (κ1) is 14.0. The van der Waals surface area contributed by atoms with Crippen molar-refractivity contribution in [2.24, 2.45) is 5.10 Å². The average molecular weight is 305 g/mol. The number of carbonyl (C=O) groups is 1. The predicted octanol–water partition coefficient (Wildman–Crippen LogP) is 3.48. The summed E-state index contributed by atoms with van der Waals surface area (Å²) in [5.41, 5.74) is 5.21. The van der Waals surface area contributed by atoms with E-state index in [1.165, 1.54) is 5.56 Å². The minimum absolute atomic E-state index is 0.0719. The van der Waals surface area contributed by atoms with Crippen LogP contribution in [-0.4, -0.2) is 24.7 Å². The van der Waals surface area contributed by atoms with Crippen LogP contribution in [0, 0.1) is 0 Å². The fraction of sp³-hybridized carbons (Fsp3) is 0.263. The maximum atomic E-state index is 12.8. The summed E-state index contributed by atoms with van der Waals surface area (Å²) in [5, 5.41) is 6.49. The van der Waals surface area contributed by atoms with Crippen LogP contribution in [0.5, 0.6) is 0 Å². The molecule has 2 aliphatic rings. The van der Waals surface area contributed by atoms with Crippen molar-refractivity contribution in [1.82, 2.24) is 0 Å². The third kappa shape index (κ3) is 2.50. The molecular formula is C19H19N3O. The minimum atomic E-state index is 0.0719. The molecule has 4 nitrogen and oxygen atoms in total. The Hall–Kier alpha value is -2.62. The fourth-order valence-electron chi connectivity index (χ4n) is 3.24. The molecule has 116 valence electrons. The zero-order valence-corrected chi connectivity index (χ0v) is 13.2. The van der Waals surface area contributed by atoms with Crippen molar-refractivity contribution < 1.29 is 4.79 Å². The lowest BCUT2D eigenvalue weighted by atomic mass is 10.1. The monoisotopic (exact) mass is 305 g/mol. The molecule has 2 heterocycles. The van der Waals surface area contributed by atoms with E-state index in [0.29, 0.717) is 0 Å². The van der Waals surface area contributed by atoms with Gasteiger partial charge < -0.3 is 4.90 Å². The summed E-state index contributed by atoms with van der Waals surface area (Å²) in [5.74, 6) is 0.0719. The molecule has 23 heavy (non-hydrogen) atoms. The molecule has 2 aliphatic heterocycles. The molecule has 0 saturated carbocycles. The lowest BCUT2D eigenvalue weighted by Crippen LogP contribution is -2.28. The summed E-state index contributed by atoms with van der Waals surface area (Å²) in [6.45, 7) is 3.72. The van der Waals surface area contributed by atoms with Gasteiger partial charge in [0, 0.05) is 36.5 Å². The summed E-state index contributed by atoms with van der Waals surface area (Å²) in [6, 6.07) is 15.9. The molecule has 0 saturated heterocycles. The number of rotatable bonds is 2. The second kappa shape index (κ2) is 5.54. The van der Waals surface area contributed by atoms with E-state index in [9.17, 15) is 4.79 Å². The smallest absolute Gasteiger partial charge is 0.258 e. The van der Waals surface area contributed by atoms with Crippen LogP contribution in [0.3, 0.4) is 0 Å². The highest BCUT2D eigenvalue weighted by molar-refractivity contribution is 6.07. The summed E-state index contributed by atoms with van der Waals surface area (Å²) >= 11 is 0. The van der Waals surface area contributed by atoms with E-state index in [-0.39, 0.29) is 5.91 Å². The second-order valence-corrected chi connectivity index (χ2v) is 6.09. The van der Waals surface area contributed by atoms with Gasteiger partial charge in [-0.2, -0.15) is 5.10 Å². The summed E-state index contributed by atoms with van der Waals surface area (Å²) in [7, 11) is 0. The van der Waals surface area contributed by atoms with Gasteiger partial charge in [0.1, 0.15) is 0 Å². The number of para-hydroxylation sites is 1. The number of benzene rings is 2. The van der Waals surface area contributed by atoms with Gasteiger partial charge in [0.05, 0.1) is 5.69 Å². The molecule has 4 heteroatoms. The van der Waals surface area contributed by atoms with Crippen molar-refractivity contribution in [3.05, 3.63) is 59.7 Å². The first-order valence-electron chi connectivity index (χ1n) is 8.04. The molecule has 2 aromatic rings. The molecule has 0 atom stereocenters. The van der Waals surface area contributed by atoms with Crippen molar-refractivity contribution in [3.8, 4) is 0 Å². The SMILES string of the molecule is CC1=NN(c2ccc(C(=O)N3CCc4ccccc43)cc2)CC1. The number of carbonyl (C=O) groups excluding carboxylic acids is 1. The van der Waals surface area contributed by atoms with Crippen molar-refractivity contribution in [3.63, 3.8) is 0 Å². The Morgan fingerprint density at radius 2 is 1.78 bits per heavy atom. The van der Waals surface area contributed by atoms with E-state index in [0.717, 1.165) is 48.6 Å². The number of anilines is 2. The Kier molecular flexibility index (Phi) is 3.37. The van der Waals surface area contributed by atoms with Gasteiger partial charge in [-0.15, -0.1) is 0 Å². The van der Waals surface area contributed by atoms with E-state index >= 15 is 0 Å². The first-order valence-corrected chi connectivity index (χ1v) is 8.04. The third-order valence-corrected chi connectivity index (χ3v) is 4.52. The standard InChI is InChI=1S/C19H19N3O/c1-14-10-13-22(20-14)17-8-6-16(7-9-17)19(23)21-12-11-15-4-2-3-5-18(15)21/h2-9H,10-13H2,1H3. The zero-order valence-electron chi connectivity index (χ0n) is 13.2. The lowest BCUT2D eigenvalue weighted by Gasteiger charge is -2.18. The van der Waals surface area contributed by atoms with Crippen LogP contribution in [-0.2, 0) is 6.42 Å². The molecule has 0 aliphatic carbocycles. The molecule has 0 spiro atoms. The number of hydrogen-bond donors (Lipinski definition) is 0. The van der Waals surface area contributed by atoms with Crippen molar-refractivity contribution in [2.75, 3.05) is 23.0 Å². The van der Waals surface area contributed by atoms with E-state index in [2.05, 4.69) is 11.2 Å². The fourth-order valence-corrected chi connectivity index (χ4v) is 3.24. The molecule has 0 radical (unpaired) electrons. The molecule has 0 aromatic heterocycles. The largest absolute Gasteiger partial charge is 0.308 e. The van der Waals surface area contributed by atoms with Gasteiger partial charge >= 0.3 is 0 Å². The van der Waals surface area contributed by atoms with E-state index in [1.54, 1.807) is 0 Å². The topological polar surface area (TPSA) is 35.9 Å². The molecule has 4 rings (SSSR count). The molecule has 0 unspecified atom stereocenters. The van der Waals surface area contributed by atoms with Crippen LogP contribution in [0.1, 0.15) is 29.3 Å². The number of fused-ring (bicyclic) bond motifs is 1. The van der Waals surface area contributed by atoms with Gasteiger partial charge in [0.2, 0.25) is 0 Å². The van der Waals surface area contributed by atoms with Crippen molar-refractivity contribution in [1.29, 1.82) is 0 Å². The third-order valence-electron chi connectivity index (χ3n) is 4.52. The normalized spacial score (nSPS) is 16.5. The molecule has 0 bridgehead atoms. The maximum Gasteiger partial charge on any atom is 0.258 e. The Morgan fingerprint density at radius 3 is 2.52 bits per heavy atom. The maximum absolute atomic E-state index is 12.8. The highest BCUT2D eigenvalue weighted by Crippen LogP contribution is 2.29.